The number of aromatic nitrogens is 3. The van der Waals surface area contributed by atoms with Crippen LogP contribution in [-0.2, 0) is 6.42 Å². The summed E-state index contributed by atoms with van der Waals surface area (Å²) in [6, 6.07) is 10.9. The van der Waals surface area contributed by atoms with E-state index in [4.69, 9.17) is 9.47 Å². The average molecular weight is 364 g/mol. The minimum absolute atomic E-state index is 0.229. The molecule has 1 aromatic carbocycles. The highest BCUT2D eigenvalue weighted by Gasteiger charge is 2.31. The van der Waals surface area contributed by atoms with Gasteiger partial charge in [-0.15, -0.1) is 0 Å². The van der Waals surface area contributed by atoms with E-state index in [0.717, 1.165) is 5.69 Å². The minimum Gasteiger partial charge on any atom is -0.449 e. The summed E-state index contributed by atoms with van der Waals surface area (Å²) in [4.78, 5) is 17.1. The van der Waals surface area contributed by atoms with Gasteiger partial charge in [0.25, 0.3) is 5.91 Å². The van der Waals surface area contributed by atoms with Crippen molar-refractivity contribution in [3.05, 3.63) is 60.0 Å². The van der Waals surface area contributed by atoms with Crippen molar-refractivity contribution in [2.24, 2.45) is 0 Å². The Hall–Kier alpha value is -3.35. The molecule has 0 atom stereocenters. The average Bonchev–Trinajstić information content (AvgIpc) is 3.21. The second kappa shape index (κ2) is 6.42. The Morgan fingerprint density at radius 1 is 1.19 bits per heavy atom. The molecule has 7 heteroatoms. The van der Waals surface area contributed by atoms with Crippen molar-refractivity contribution in [1.29, 1.82) is 0 Å². The molecule has 0 spiro atoms. The number of pyridine rings is 1. The molecule has 1 amide bonds. The number of hydrogen-bond acceptors (Lipinski definition) is 5. The number of hydrogen-bond donors (Lipinski definition) is 1. The van der Waals surface area contributed by atoms with E-state index in [1.54, 1.807) is 35.3 Å². The van der Waals surface area contributed by atoms with E-state index in [-0.39, 0.29) is 5.91 Å². The van der Waals surface area contributed by atoms with Crippen molar-refractivity contribution in [2.45, 2.75) is 33.0 Å². The number of rotatable bonds is 4. The van der Waals surface area contributed by atoms with Crippen LogP contribution in [0.4, 0.5) is 5.69 Å². The van der Waals surface area contributed by atoms with Gasteiger partial charge in [-0.05, 0) is 30.7 Å². The van der Waals surface area contributed by atoms with Gasteiger partial charge in [-0.3, -0.25) is 4.79 Å². The molecule has 0 radical (unpaired) electrons. The standard InChI is InChI=1S/C20H20N4O3/c1-4-15-14(12-22-24(15)18-7-5-6-10-21-18)19(25)23-13-8-9-16-17(11-13)27-20(2,3)26-16/h5-12H,4H2,1-3H3,(H,23,25). The Morgan fingerprint density at radius 3 is 2.74 bits per heavy atom. The van der Waals surface area contributed by atoms with Gasteiger partial charge in [0.05, 0.1) is 17.5 Å². The number of carbonyl (C=O) groups is 1. The molecule has 0 unspecified atom stereocenters. The fourth-order valence-electron chi connectivity index (χ4n) is 3.08. The first-order chi connectivity index (χ1) is 13.0. The first kappa shape index (κ1) is 17.1. The third kappa shape index (κ3) is 3.23. The summed E-state index contributed by atoms with van der Waals surface area (Å²) in [5.41, 5.74) is 1.95. The lowest BCUT2D eigenvalue weighted by Crippen LogP contribution is -2.29. The SMILES string of the molecule is CCc1c(C(=O)Nc2ccc3c(c2)OC(C)(C)O3)cnn1-c1ccccn1. The zero-order chi connectivity index (χ0) is 19.0. The van der Waals surface area contributed by atoms with Crippen LogP contribution in [0.25, 0.3) is 5.82 Å². The van der Waals surface area contributed by atoms with Crippen LogP contribution < -0.4 is 14.8 Å². The number of ether oxygens (including phenoxy) is 2. The summed E-state index contributed by atoms with van der Waals surface area (Å²) in [5, 5.41) is 7.25. The van der Waals surface area contributed by atoms with Crippen molar-refractivity contribution in [1.82, 2.24) is 14.8 Å². The molecule has 1 aliphatic heterocycles. The fourth-order valence-corrected chi connectivity index (χ4v) is 3.08. The highest BCUT2D eigenvalue weighted by atomic mass is 16.7. The summed E-state index contributed by atoms with van der Waals surface area (Å²) in [6.07, 6.45) is 3.91. The topological polar surface area (TPSA) is 78.3 Å². The molecule has 7 nitrogen and oxygen atoms in total. The third-order valence-electron chi connectivity index (χ3n) is 4.23. The Morgan fingerprint density at radius 2 is 2.00 bits per heavy atom. The van der Waals surface area contributed by atoms with Crippen LogP contribution >= 0.6 is 0 Å². The van der Waals surface area contributed by atoms with Crippen LogP contribution in [0.5, 0.6) is 11.5 Å². The van der Waals surface area contributed by atoms with Gasteiger partial charge < -0.3 is 14.8 Å². The third-order valence-corrected chi connectivity index (χ3v) is 4.23. The van der Waals surface area contributed by atoms with Gasteiger partial charge in [0.2, 0.25) is 5.79 Å². The van der Waals surface area contributed by atoms with Crippen LogP contribution in [0, 0.1) is 0 Å². The molecule has 0 aliphatic carbocycles. The molecule has 2 aromatic heterocycles. The minimum atomic E-state index is -0.704. The molecule has 0 saturated heterocycles. The predicted octanol–water partition coefficient (Wildman–Crippen LogP) is 3.59. The summed E-state index contributed by atoms with van der Waals surface area (Å²) in [7, 11) is 0. The fraction of sp³-hybridized carbons (Fsp3) is 0.250. The lowest BCUT2D eigenvalue weighted by Gasteiger charge is -2.16. The van der Waals surface area contributed by atoms with Crippen molar-refractivity contribution in [2.75, 3.05) is 5.32 Å². The molecule has 27 heavy (non-hydrogen) atoms. The predicted molar refractivity (Wildman–Crippen MR) is 100 cm³/mol. The molecule has 1 aliphatic rings. The van der Waals surface area contributed by atoms with Gasteiger partial charge in [-0.2, -0.15) is 5.10 Å². The molecular formula is C20H20N4O3. The van der Waals surface area contributed by atoms with Gasteiger partial charge in [0, 0.05) is 31.8 Å². The molecule has 0 bridgehead atoms. The number of anilines is 1. The molecule has 4 rings (SSSR count). The van der Waals surface area contributed by atoms with Gasteiger partial charge in [-0.1, -0.05) is 13.0 Å². The number of amides is 1. The Kier molecular flexibility index (Phi) is 4.07. The highest BCUT2D eigenvalue weighted by molar-refractivity contribution is 6.05. The first-order valence-corrected chi connectivity index (χ1v) is 8.78. The Bertz CT molecular complexity index is 996. The van der Waals surface area contributed by atoms with Crippen molar-refractivity contribution < 1.29 is 14.3 Å². The van der Waals surface area contributed by atoms with Gasteiger partial charge in [0.15, 0.2) is 17.3 Å². The monoisotopic (exact) mass is 364 g/mol. The summed E-state index contributed by atoms with van der Waals surface area (Å²) in [5.74, 6) is 1.02. The van der Waals surface area contributed by atoms with E-state index < -0.39 is 5.79 Å². The van der Waals surface area contributed by atoms with E-state index in [9.17, 15) is 4.79 Å². The normalized spacial score (nSPS) is 14.2. The molecule has 0 fully saturated rings. The largest absolute Gasteiger partial charge is 0.449 e. The summed E-state index contributed by atoms with van der Waals surface area (Å²) < 4.78 is 13.1. The summed E-state index contributed by atoms with van der Waals surface area (Å²) >= 11 is 0. The second-order valence-corrected chi connectivity index (χ2v) is 6.68. The van der Waals surface area contributed by atoms with E-state index in [1.807, 2.05) is 39.0 Å². The van der Waals surface area contributed by atoms with Crippen LogP contribution in [0.15, 0.2) is 48.8 Å². The number of nitrogens with zero attached hydrogens (tertiary/aromatic N) is 3. The van der Waals surface area contributed by atoms with Crippen LogP contribution in [0.3, 0.4) is 0 Å². The maximum absolute atomic E-state index is 12.8. The van der Waals surface area contributed by atoms with Crippen molar-refractivity contribution in [3.8, 4) is 17.3 Å². The van der Waals surface area contributed by atoms with E-state index >= 15 is 0 Å². The molecule has 1 N–H and O–H groups in total. The zero-order valence-electron chi connectivity index (χ0n) is 15.4. The Balaban J connectivity index is 1.59. The highest BCUT2D eigenvalue weighted by Crippen LogP contribution is 2.40. The van der Waals surface area contributed by atoms with E-state index in [2.05, 4.69) is 15.4 Å². The first-order valence-electron chi connectivity index (χ1n) is 8.78. The lowest BCUT2D eigenvalue weighted by molar-refractivity contribution is -0.0431. The van der Waals surface area contributed by atoms with Crippen LogP contribution in [0.2, 0.25) is 0 Å². The number of fused-ring (bicyclic) bond motifs is 1. The molecule has 3 heterocycles. The second-order valence-electron chi connectivity index (χ2n) is 6.68. The maximum atomic E-state index is 12.8. The Labute approximate surface area is 156 Å². The van der Waals surface area contributed by atoms with Crippen molar-refractivity contribution >= 4 is 11.6 Å². The van der Waals surface area contributed by atoms with E-state index in [1.165, 1.54) is 0 Å². The maximum Gasteiger partial charge on any atom is 0.259 e. The molecular weight excluding hydrogens is 344 g/mol. The van der Waals surface area contributed by atoms with Crippen LogP contribution in [-0.4, -0.2) is 26.5 Å². The summed E-state index contributed by atoms with van der Waals surface area (Å²) in [6.45, 7) is 5.66. The van der Waals surface area contributed by atoms with Gasteiger partial charge in [-0.25, -0.2) is 9.67 Å². The van der Waals surface area contributed by atoms with E-state index in [0.29, 0.717) is 35.0 Å². The quantitative estimate of drug-likeness (QED) is 0.765. The number of carbonyl (C=O) groups excluding carboxylic acids is 1. The smallest absolute Gasteiger partial charge is 0.259 e. The molecule has 0 saturated carbocycles. The lowest BCUT2D eigenvalue weighted by atomic mass is 10.2. The number of benzene rings is 1. The van der Waals surface area contributed by atoms with Crippen molar-refractivity contribution in [3.63, 3.8) is 0 Å². The molecule has 3 aromatic rings. The number of nitrogens with one attached hydrogen (secondary N) is 1. The van der Waals surface area contributed by atoms with Gasteiger partial charge >= 0.3 is 0 Å². The molecule has 138 valence electrons. The van der Waals surface area contributed by atoms with Crippen LogP contribution in [0.1, 0.15) is 36.8 Å². The van der Waals surface area contributed by atoms with Gasteiger partial charge in [0.1, 0.15) is 0 Å². The zero-order valence-corrected chi connectivity index (χ0v) is 15.4.